The third-order valence-corrected chi connectivity index (χ3v) is 6.15. The molecule has 9 heteroatoms. The molecule has 4 rings (SSSR count). The summed E-state index contributed by atoms with van der Waals surface area (Å²) in [5.74, 6) is 0.360. The predicted molar refractivity (Wildman–Crippen MR) is 118 cm³/mol. The third-order valence-electron chi connectivity index (χ3n) is 5.88. The molecule has 0 radical (unpaired) electrons. The van der Waals surface area contributed by atoms with Gasteiger partial charge in [0, 0.05) is 50.4 Å². The normalized spacial score (nSPS) is 15.9. The van der Waals surface area contributed by atoms with Gasteiger partial charge in [-0.3, -0.25) is 4.90 Å². The van der Waals surface area contributed by atoms with Crippen LogP contribution < -0.4 is 10.5 Å². The van der Waals surface area contributed by atoms with Crippen molar-refractivity contribution in [2.45, 2.75) is 33.0 Å². The summed E-state index contributed by atoms with van der Waals surface area (Å²) in [6.07, 6.45) is -2.87. The number of pyridine rings is 1. The second-order valence-electron chi connectivity index (χ2n) is 8.17. The quantitative estimate of drug-likeness (QED) is 0.498. The van der Waals surface area contributed by atoms with Crippen molar-refractivity contribution in [2.24, 2.45) is 0 Å². The Kier molecular flexibility index (Phi) is 6.18. The summed E-state index contributed by atoms with van der Waals surface area (Å²) in [5, 5.41) is 0.909. The fourth-order valence-corrected chi connectivity index (χ4v) is 4.30. The van der Waals surface area contributed by atoms with Crippen LogP contribution in [-0.2, 0) is 12.7 Å². The number of halogens is 4. The Morgan fingerprint density at radius 2 is 1.81 bits per heavy atom. The summed E-state index contributed by atoms with van der Waals surface area (Å²) in [6.45, 7) is 7.21. The molecular weight excluding hydrogens is 443 g/mol. The van der Waals surface area contributed by atoms with Crippen molar-refractivity contribution in [3.63, 3.8) is 0 Å². The number of fused-ring (bicyclic) bond motifs is 1. The van der Waals surface area contributed by atoms with Gasteiger partial charge in [0.2, 0.25) is 0 Å². The Morgan fingerprint density at radius 3 is 2.53 bits per heavy atom. The van der Waals surface area contributed by atoms with E-state index < -0.39 is 11.7 Å². The first-order valence-electron chi connectivity index (χ1n) is 10.4. The lowest BCUT2D eigenvalue weighted by atomic mass is 10.0. The minimum atomic E-state index is -4.48. The average molecular weight is 466 g/mol. The summed E-state index contributed by atoms with van der Waals surface area (Å²) < 4.78 is 44.1. The first-order chi connectivity index (χ1) is 15.1. The molecule has 2 aromatic heterocycles. The van der Waals surface area contributed by atoms with E-state index in [9.17, 15) is 18.0 Å². The average Bonchev–Trinajstić information content (AvgIpc) is 2.94. The molecule has 0 amide bonds. The Balaban J connectivity index is 1.53. The van der Waals surface area contributed by atoms with Crippen LogP contribution in [0.15, 0.2) is 39.7 Å². The fourth-order valence-electron chi connectivity index (χ4n) is 4.01. The van der Waals surface area contributed by atoms with Gasteiger partial charge in [0.1, 0.15) is 11.4 Å². The largest absolute Gasteiger partial charge is 0.423 e. The molecule has 1 aromatic carbocycles. The minimum Gasteiger partial charge on any atom is -0.423 e. The highest BCUT2D eigenvalue weighted by Crippen LogP contribution is 2.34. The maximum absolute atomic E-state index is 12.9. The van der Waals surface area contributed by atoms with Gasteiger partial charge < -0.3 is 9.32 Å². The molecule has 0 saturated carbocycles. The lowest BCUT2D eigenvalue weighted by molar-refractivity contribution is -0.137. The van der Waals surface area contributed by atoms with Gasteiger partial charge in [0.15, 0.2) is 0 Å². The monoisotopic (exact) mass is 465 g/mol. The van der Waals surface area contributed by atoms with Gasteiger partial charge in [-0.15, -0.1) is 0 Å². The van der Waals surface area contributed by atoms with E-state index >= 15 is 0 Å². The molecule has 32 heavy (non-hydrogen) atoms. The molecule has 1 aliphatic rings. The van der Waals surface area contributed by atoms with Crippen molar-refractivity contribution in [1.29, 1.82) is 0 Å². The zero-order valence-corrected chi connectivity index (χ0v) is 18.6. The Hall–Kier alpha value is -2.58. The van der Waals surface area contributed by atoms with Crippen LogP contribution in [0.3, 0.4) is 0 Å². The molecule has 1 fully saturated rings. The molecule has 3 aromatic rings. The lowest BCUT2D eigenvalue weighted by Gasteiger charge is -2.24. The van der Waals surface area contributed by atoms with E-state index in [1.807, 2.05) is 30.9 Å². The van der Waals surface area contributed by atoms with Crippen molar-refractivity contribution < 1.29 is 17.6 Å². The van der Waals surface area contributed by atoms with Gasteiger partial charge in [-0.25, -0.2) is 9.78 Å². The summed E-state index contributed by atoms with van der Waals surface area (Å²) in [4.78, 5) is 20.2. The van der Waals surface area contributed by atoms with Gasteiger partial charge in [0.05, 0.1) is 10.6 Å². The molecule has 0 bridgehead atoms. The standard InChI is InChI=1S/C23H23ClF3N3O2/c1-14-8-18-16(10-21(31)32-20(18)9-15(14)2)13-29-4-3-5-30(7-6-29)22-19(24)11-17(12-28-22)23(25,26)27/h8-12H,3-7,13H2,1-2H3. The smallest absolute Gasteiger partial charge is 0.417 e. The highest BCUT2D eigenvalue weighted by molar-refractivity contribution is 6.33. The highest BCUT2D eigenvalue weighted by Gasteiger charge is 2.32. The SMILES string of the molecule is Cc1cc2oc(=O)cc(CN3CCCN(c4ncc(C(F)(F)F)cc4Cl)CC3)c2cc1C. The number of hydrogen-bond donors (Lipinski definition) is 0. The Morgan fingerprint density at radius 1 is 1.06 bits per heavy atom. The van der Waals surface area contributed by atoms with Gasteiger partial charge in [-0.05, 0) is 55.2 Å². The van der Waals surface area contributed by atoms with Gasteiger partial charge in [0.25, 0.3) is 0 Å². The number of benzene rings is 1. The van der Waals surface area contributed by atoms with Crippen LogP contribution in [0.25, 0.3) is 11.0 Å². The molecule has 0 atom stereocenters. The van der Waals surface area contributed by atoms with E-state index in [-0.39, 0.29) is 10.6 Å². The number of nitrogens with zero attached hydrogens (tertiary/aromatic N) is 3. The second-order valence-corrected chi connectivity index (χ2v) is 8.57. The maximum Gasteiger partial charge on any atom is 0.417 e. The number of anilines is 1. The number of aryl methyl sites for hydroxylation is 2. The Bertz CT molecular complexity index is 1210. The topological polar surface area (TPSA) is 49.6 Å². The third kappa shape index (κ3) is 4.76. The van der Waals surface area contributed by atoms with E-state index in [4.69, 9.17) is 16.0 Å². The first-order valence-corrected chi connectivity index (χ1v) is 10.7. The van der Waals surface area contributed by atoms with Crippen molar-refractivity contribution in [3.05, 3.63) is 68.2 Å². The van der Waals surface area contributed by atoms with Gasteiger partial charge in [-0.1, -0.05) is 11.6 Å². The van der Waals surface area contributed by atoms with Crippen LogP contribution in [0.2, 0.25) is 5.02 Å². The van der Waals surface area contributed by atoms with E-state index in [0.29, 0.717) is 37.6 Å². The van der Waals surface area contributed by atoms with Crippen molar-refractivity contribution >= 4 is 28.4 Å². The highest BCUT2D eigenvalue weighted by atomic mass is 35.5. The lowest BCUT2D eigenvalue weighted by Crippen LogP contribution is -2.31. The fraction of sp³-hybridized carbons (Fsp3) is 0.391. The van der Waals surface area contributed by atoms with E-state index in [1.165, 1.54) is 6.07 Å². The van der Waals surface area contributed by atoms with Crippen molar-refractivity contribution in [2.75, 3.05) is 31.1 Å². The van der Waals surface area contributed by atoms with Crippen LogP contribution >= 0.6 is 11.6 Å². The van der Waals surface area contributed by atoms with Gasteiger partial charge >= 0.3 is 11.8 Å². The summed E-state index contributed by atoms with van der Waals surface area (Å²) in [7, 11) is 0. The molecule has 170 valence electrons. The molecule has 0 spiro atoms. The van der Waals surface area contributed by atoms with Crippen molar-refractivity contribution in [3.8, 4) is 0 Å². The second kappa shape index (κ2) is 8.75. The zero-order valence-electron chi connectivity index (χ0n) is 17.8. The van der Waals surface area contributed by atoms with Crippen LogP contribution in [0.4, 0.5) is 19.0 Å². The predicted octanol–water partition coefficient (Wildman–Crippen LogP) is 5.19. The van der Waals surface area contributed by atoms with E-state index in [0.717, 1.165) is 47.3 Å². The van der Waals surface area contributed by atoms with Crippen LogP contribution in [-0.4, -0.2) is 36.1 Å². The molecule has 5 nitrogen and oxygen atoms in total. The number of rotatable bonds is 3. The van der Waals surface area contributed by atoms with Crippen molar-refractivity contribution in [1.82, 2.24) is 9.88 Å². The van der Waals surface area contributed by atoms with Crippen LogP contribution in [0, 0.1) is 13.8 Å². The summed E-state index contributed by atoms with van der Waals surface area (Å²) >= 11 is 6.14. The zero-order chi connectivity index (χ0) is 23.0. The molecule has 1 aliphatic heterocycles. The van der Waals surface area contributed by atoms with Crippen LogP contribution in [0.5, 0.6) is 0 Å². The summed E-state index contributed by atoms with van der Waals surface area (Å²) in [5.41, 5.74) is 2.42. The molecule has 0 unspecified atom stereocenters. The van der Waals surface area contributed by atoms with Gasteiger partial charge in [-0.2, -0.15) is 13.2 Å². The first kappa shape index (κ1) is 22.6. The number of alkyl halides is 3. The molecule has 1 saturated heterocycles. The number of aromatic nitrogens is 1. The van der Waals surface area contributed by atoms with E-state index in [2.05, 4.69) is 9.88 Å². The minimum absolute atomic E-state index is 0.00854. The molecular formula is C23H23ClF3N3O2. The number of hydrogen-bond acceptors (Lipinski definition) is 5. The molecule has 0 N–H and O–H groups in total. The van der Waals surface area contributed by atoms with Crippen LogP contribution in [0.1, 0.15) is 28.7 Å². The van der Waals surface area contributed by atoms with E-state index in [1.54, 1.807) is 0 Å². The summed E-state index contributed by atoms with van der Waals surface area (Å²) in [6, 6.07) is 6.39. The maximum atomic E-state index is 12.9. The Labute approximate surface area is 188 Å². The molecule has 0 aliphatic carbocycles. The molecule has 3 heterocycles.